The maximum atomic E-state index is 12.7. The van der Waals surface area contributed by atoms with Gasteiger partial charge in [0.1, 0.15) is 0 Å². The molecule has 0 bridgehead atoms. The lowest BCUT2D eigenvalue weighted by atomic mass is 9.78. The van der Waals surface area contributed by atoms with Gasteiger partial charge in [0.05, 0.1) is 6.04 Å². The second-order valence-electron chi connectivity index (χ2n) is 6.86. The molecule has 1 atom stereocenters. The van der Waals surface area contributed by atoms with Crippen molar-refractivity contribution in [1.82, 2.24) is 15.1 Å². The first-order chi connectivity index (χ1) is 9.73. The van der Waals surface area contributed by atoms with Gasteiger partial charge in [-0.05, 0) is 32.6 Å². The average Bonchev–Trinajstić information content (AvgIpc) is 3.01. The summed E-state index contributed by atoms with van der Waals surface area (Å²) in [5, 5.41) is 3.57. The molecule has 3 rings (SSSR count). The van der Waals surface area contributed by atoms with Crippen LogP contribution in [0.3, 0.4) is 0 Å². The molecular weight excluding hydrogens is 250 g/mol. The second kappa shape index (κ2) is 6.02. The molecule has 2 aliphatic heterocycles. The maximum Gasteiger partial charge on any atom is 0.239 e. The number of piperazine rings is 1. The third-order valence-electron chi connectivity index (χ3n) is 5.62. The van der Waals surface area contributed by atoms with Crippen molar-refractivity contribution < 1.29 is 4.79 Å². The van der Waals surface area contributed by atoms with Crippen LogP contribution in [-0.4, -0.2) is 60.0 Å². The van der Waals surface area contributed by atoms with Crippen LogP contribution >= 0.6 is 0 Å². The van der Waals surface area contributed by atoms with Crippen molar-refractivity contribution in [3.8, 4) is 0 Å². The van der Waals surface area contributed by atoms with Gasteiger partial charge < -0.3 is 10.2 Å². The largest absolute Gasteiger partial charge is 0.341 e. The fourth-order valence-electron chi connectivity index (χ4n) is 4.47. The highest BCUT2D eigenvalue weighted by molar-refractivity contribution is 5.81. The van der Waals surface area contributed by atoms with Crippen LogP contribution in [0.5, 0.6) is 0 Å². The lowest BCUT2D eigenvalue weighted by molar-refractivity contribution is -0.139. The lowest BCUT2D eigenvalue weighted by Gasteiger charge is -2.52. The Morgan fingerprint density at radius 3 is 2.45 bits per heavy atom. The zero-order chi connectivity index (χ0) is 14.0. The summed E-state index contributed by atoms with van der Waals surface area (Å²) in [6.07, 6.45) is 8.90. The minimum Gasteiger partial charge on any atom is -0.341 e. The van der Waals surface area contributed by atoms with E-state index in [-0.39, 0.29) is 11.6 Å². The van der Waals surface area contributed by atoms with Crippen LogP contribution in [0, 0.1) is 0 Å². The van der Waals surface area contributed by atoms with Crippen LogP contribution < -0.4 is 5.32 Å². The van der Waals surface area contributed by atoms with Crippen LogP contribution in [0.15, 0.2) is 0 Å². The summed E-state index contributed by atoms with van der Waals surface area (Å²) in [5.74, 6) is 0.370. The van der Waals surface area contributed by atoms with E-state index in [2.05, 4.69) is 22.0 Å². The Bertz CT molecular complexity index is 337. The average molecular weight is 279 g/mol. The molecule has 114 valence electrons. The van der Waals surface area contributed by atoms with Crippen LogP contribution in [0.25, 0.3) is 0 Å². The van der Waals surface area contributed by atoms with Crippen LogP contribution in [-0.2, 0) is 4.79 Å². The molecule has 1 aliphatic carbocycles. The Kier molecular flexibility index (Phi) is 4.32. The Morgan fingerprint density at radius 1 is 1.05 bits per heavy atom. The molecule has 3 fully saturated rings. The van der Waals surface area contributed by atoms with Crippen LogP contribution in [0.1, 0.15) is 51.9 Å². The number of hydrogen-bond donors (Lipinski definition) is 1. The molecule has 3 aliphatic rings. The summed E-state index contributed by atoms with van der Waals surface area (Å²) < 4.78 is 0. The molecule has 2 heterocycles. The van der Waals surface area contributed by atoms with Gasteiger partial charge >= 0.3 is 0 Å². The molecular formula is C16H29N3O. The molecule has 4 nitrogen and oxygen atoms in total. The Hall–Kier alpha value is -0.610. The first kappa shape index (κ1) is 14.3. The van der Waals surface area contributed by atoms with E-state index in [0.29, 0.717) is 5.91 Å². The van der Waals surface area contributed by atoms with Crippen LogP contribution in [0.4, 0.5) is 0 Å². The lowest BCUT2D eigenvalue weighted by Crippen LogP contribution is -2.66. The highest BCUT2D eigenvalue weighted by atomic mass is 16.2. The van der Waals surface area contributed by atoms with E-state index in [4.69, 9.17) is 0 Å². The number of nitrogens with one attached hydrogen (secondary N) is 1. The number of carbonyl (C=O) groups excluding carboxylic acids is 1. The van der Waals surface area contributed by atoms with E-state index in [1.807, 2.05) is 0 Å². The first-order valence-corrected chi connectivity index (χ1v) is 8.49. The molecule has 0 aromatic rings. The van der Waals surface area contributed by atoms with Crippen LogP contribution in [0.2, 0.25) is 0 Å². The van der Waals surface area contributed by atoms with Crippen molar-refractivity contribution in [1.29, 1.82) is 0 Å². The van der Waals surface area contributed by atoms with Gasteiger partial charge in [0, 0.05) is 38.3 Å². The Labute approximate surface area is 122 Å². The number of amides is 1. The summed E-state index contributed by atoms with van der Waals surface area (Å²) in [6.45, 7) is 7.22. The summed E-state index contributed by atoms with van der Waals surface area (Å²) in [4.78, 5) is 17.4. The van der Waals surface area contributed by atoms with E-state index in [1.54, 1.807) is 0 Å². The van der Waals surface area contributed by atoms with E-state index in [0.717, 1.165) is 32.7 Å². The minimum absolute atomic E-state index is 0.0632. The van der Waals surface area contributed by atoms with Gasteiger partial charge in [0.2, 0.25) is 5.91 Å². The number of carbonyl (C=O) groups is 1. The van der Waals surface area contributed by atoms with Crippen molar-refractivity contribution in [2.45, 2.75) is 63.5 Å². The smallest absolute Gasteiger partial charge is 0.239 e. The standard InChI is InChI=1S/C16H29N3O/c1-14(15(20)18-10-5-6-11-18)19-12-9-17-13-16(19)7-3-2-4-8-16/h14,17H,2-13H2,1H3. The summed E-state index contributed by atoms with van der Waals surface area (Å²) in [6, 6.07) is 0.0632. The molecule has 0 aromatic carbocycles. The predicted octanol–water partition coefficient (Wildman–Crippen LogP) is 1.61. The van der Waals surface area contributed by atoms with Gasteiger partial charge in [-0.1, -0.05) is 19.3 Å². The van der Waals surface area contributed by atoms with Gasteiger partial charge in [-0.25, -0.2) is 0 Å². The molecule has 1 saturated carbocycles. The fourth-order valence-corrected chi connectivity index (χ4v) is 4.47. The number of rotatable bonds is 2. The first-order valence-electron chi connectivity index (χ1n) is 8.49. The van der Waals surface area contributed by atoms with Crippen molar-refractivity contribution in [3.05, 3.63) is 0 Å². The highest BCUT2D eigenvalue weighted by Crippen LogP contribution is 2.36. The van der Waals surface area contributed by atoms with Gasteiger partial charge in [-0.15, -0.1) is 0 Å². The summed E-state index contributed by atoms with van der Waals surface area (Å²) >= 11 is 0. The minimum atomic E-state index is 0.0632. The molecule has 4 heteroatoms. The third-order valence-corrected chi connectivity index (χ3v) is 5.62. The van der Waals surface area contributed by atoms with E-state index in [9.17, 15) is 4.79 Å². The molecule has 1 amide bonds. The van der Waals surface area contributed by atoms with E-state index < -0.39 is 0 Å². The van der Waals surface area contributed by atoms with E-state index >= 15 is 0 Å². The molecule has 20 heavy (non-hydrogen) atoms. The van der Waals surface area contributed by atoms with E-state index in [1.165, 1.54) is 44.9 Å². The van der Waals surface area contributed by atoms with Crippen molar-refractivity contribution in [2.24, 2.45) is 0 Å². The fraction of sp³-hybridized carbons (Fsp3) is 0.938. The molecule has 0 radical (unpaired) electrons. The molecule has 0 aromatic heterocycles. The predicted molar refractivity (Wildman–Crippen MR) is 80.7 cm³/mol. The molecule has 1 spiro atoms. The van der Waals surface area contributed by atoms with Crippen molar-refractivity contribution in [3.63, 3.8) is 0 Å². The number of likely N-dealkylation sites (tertiary alicyclic amines) is 1. The third kappa shape index (κ3) is 2.60. The Morgan fingerprint density at radius 2 is 1.75 bits per heavy atom. The second-order valence-corrected chi connectivity index (χ2v) is 6.86. The molecule has 1 N–H and O–H groups in total. The Balaban J connectivity index is 1.73. The van der Waals surface area contributed by atoms with Gasteiger partial charge in [-0.2, -0.15) is 0 Å². The zero-order valence-corrected chi connectivity index (χ0v) is 12.9. The zero-order valence-electron chi connectivity index (χ0n) is 12.9. The normalized spacial score (nSPS) is 28.8. The topological polar surface area (TPSA) is 35.6 Å². The monoisotopic (exact) mass is 279 g/mol. The quantitative estimate of drug-likeness (QED) is 0.834. The molecule has 1 unspecified atom stereocenters. The SMILES string of the molecule is CC(C(=O)N1CCCC1)N1CCNCC12CCCCC2. The summed E-state index contributed by atoms with van der Waals surface area (Å²) in [7, 11) is 0. The van der Waals surface area contributed by atoms with Gasteiger partial charge in [-0.3, -0.25) is 9.69 Å². The molecule has 2 saturated heterocycles. The van der Waals surface area contributed by atoms with Crippen molar-refractivity contribution >= 4 is 5.91 Å². The van der Waals surface area contributed by atoms with Gasteiger partial charge in [0.15, 0.2) is 0 Å². The highest BCUT2D eigenvalue weighted by Gasteiger charge is 2.44. The van der Waals surface area contributed by atoms with Crippen molar-refractivity contribution in [2.75, 3.05) is 32.7 Å². The van der Waals surface area contributed by atoms with Gasteiger partial charge in [0.25, 0.3) is 0 Å². The number of hydrogen-bond acceptors (Lipinski definition) is 3. The number of nitrogens with zero attached hydrogens (tertiary/aromatic N) is 2. The summed E-state index contributed by atoms with van der Waals surface area (Å²) in [5.41, 5.74) is 0.255. The maximum absolute atomic E-state index is 12.7.